The van der Waals surface area contributed by atoms with Gasteiger partial charge in [0.1, 0.15) is 0 Å². The predicted molar refractivity (Wildman–Crippen MR) is 118 cm³/mol. The average molecular weight is 403 g/mol. The fourth-order valence-corrected chi connectivity index (χ4v) is 6.55. The number of carbonyl (C=O) groups excluding carboxylic acids is 1. The van der Waals surface area contributed by atoms with Crippen LogP contribution in [0.2, 0.25) is 0 Å². The molecule has 2 heterocycles. The number of carbonyl (C=O) groups is 1. The van der Waals surface area contributed by atoms with Crippen molar-refractivity contribution in [1.29, 1.82) is 0 Å². The highest BCUT2D eigenvalue weighted by Crippen LogP contribution is 2.60. The Balaban J connectivity index is 1.27. The third-order valence-corrected chi connectivity index (χ3v) is 8.43. The summed E-state index contributed by atoms with van der Waals surface area (Å²) in [4.78, 5) is 17.8. The van der Waals surface area contributed by atoms with E-state index in [1.807, 2.05) is 0 Å². The fraction of sp³-hybridized carbons (Fsp3) is 0.880. The first-order valence-electron chi connectivity index (χ1n) is 12.1. The molecule has 3 atom stereocenters. The SMILES string of the molecule is CC1=C(CCN2CCC3(CC2)CC3C(=O)N2C[C@@H](C)O[C@@H](C)C2)C(C)(C)CCC1. The molecule has 2 aliphatic carbocycles. The third kappa shape index (κ3) is 4.44. The number of amides is 1. The van der Waals surface area contributed by atoms with Gasteiger partial charge in [-0.25, -0.2) is 0 Å². The Morgan fingerprint density at radius 3 is 2.38 bits per heavy atom. The highest BCUT2D eigenvalue weighted by Gasteiger charge is 2.59. The van der Waals surface area contributed by atoms with Gasteiger partial charge < -0.3 is 14.5 Å². The highest BCUT2D eigenvalue weighted by molar-refractivity contribution is 5.83. The van der Waals surface area contributed by atoms with Gasteiger partial charge in [-0.2, -0.15) is 0 Å². The van der Waals surface area contributed by atoms with E-state index in [4.69, 9.17) is 4.74 Å². The van der Waals surface area contributed by atoms with Gasteiger partial charge in [0.2, 0.25) is 5.91 Å². The zero-order valence-electron chi connectivity index (χ0n) is 19.4. The quantitative estimate of drug-likeness (QED) is 0.642. The maximum absolute atomic E-state index is 13.1. The number of rotatable bonds is 4. The number of hydrogen-bond donors (Lipinski definition) is 0. The molecule has 0 bridgehead atoms. The molecule has 4 rings (SSSR count). The van der Waals surface area contributed by atoms with Crippen LogP contribution < -0.4 is 0 Å². The molecule has 4 nitrogen and oxygen atoms in total. The monoisotopic (exact) mass is 402 g/mol. The van der Waals surface area contributed by atoms with Gasteiger partial charge in [-0.1, -0.05) is 25.0 Å². The molecule has 4 aliphatic rings. The highest BCUT2D eigenvalue weighted by atomic mass is 16.5. The van der Waals surface area contributed by atoms with Gasteiger partial charge in [0.15, 0.2) is 0 Å². The van der Waals surface area contributed by atoms with E-state index >= 15 is 0 Å². The van der Waals surface area contributed by atoms with E-state index in [-0.39, 0.29) is 18.1 Å². The van der Waals surface area contributed by atoms with Gasteiger partial charge in [0.25, 0.3) is 0 Å². The second-order valence-electron chi connectivity index (χ2n) is 11.2. The second-order valence-corrected chi connectivity index (χ2v) is 11.2. The first-order chi connectivity index (χ1) is 13.7. The predicted octanol–water partition coefficient (Wildman–Crippen LogP) is 4.64. The first-order valence-corrected chi connectivity index (χ1v) is 12.1. The lowest BCUT2D eigenvalue weighted by molar-refractivity contribution is -0.145. The Kier molecular flexibility index (Phi) is 5.89. The summed E-state index contributed by atoms with van der Waals surface area (Å²) in [5.74, 6) is 0.689. The summed E-state index contributed by atoms with van der Waals surface area (Å²) in [6.07, 6.45) is 9.10. The van der Waals surface area contributed by atoms with E-state index in [2.05, 4.69) is 44.4 Å². The number of hydrogen-bond acceptors (Lipinski definition) is 3. The molecule has 0 N–H and O–H groups in total. The van der Waals surface area contributed by atoms with Crippen LogP contribution in [0, 0.1) is 16.7 Å². The van der Waals surface area contributed by atoms with E-state index in [1.54, 1.807) is 11.1 Å². The van der Waals surface area contributed by atoms with Gasteiger partial charge in [0.05, 0.1) is 12.2 Å². The van der Waals surface area contributed by atoms with Crippen LogP contribution in [0.5, 0.6) is 0 Å². The van der Waals surface area contributed by atoms with Crippen molar-refractivity contribution >= 4 is 5.91 Å². The Morgan fingerprint density at radius 2 is 1.76 bits per heavy atom. The number of piperidine rings is 1. The maximum atomic E-state index is 13.1. The van der Waals surface area contributed by atoms with E-state index in [9.17, 15) is 4.79 Å². The minimum absolute atomic E-state index is 0.168. The molecule has 1 unspecified atom stereocenters. The van der Waals surface area contributed by atoms with Gasteiger partial charge >= 0.3 is 0 Å². The number of ether oxygens (including phenoxy) is 1. The summed E-state index contributed by atoms with van der Waals surface area (Å²) in [7, 11) is 0. The van der Waals surface area contributed by atoms with Crippen LogP contribution >= 0.6 is 0 Å². The van der Waals surface area contributed by atoms with Gasteiger partial charge in [-0.05, 0) is 89.6 Å². The zero-order valence-corrected chi connectivity index (χ0v) is 19.4. The Morgan fingerprint density at radius 1 is 1.10 bits per heavy atom. The summed E-state index contributed by atoms with van der Waals surface area (Å²) in [5.41, 5.74) is 4.08. The molecule has 0 aromatic heterocycles. The smallest absolute Gasteiger partial charge is 0.226 e. The van der Waals surface area contributed by atoms with Crippen molar-refractivity contribution in [3.8, 4) is 0 Å². The van der Waals surface area contributed by atoms with E-state index < -0.39 is 0 Å². The summed E-state index contributed by atoms with van der Waals surface area (Å²) in [6, 6.07) is 0. The first kappa shape index (κ1) is 21.4. The van der Waals surface area contributed by atoms with Crippen LogP contribution in [0.1, 0.15) is 79.6 Å². The summed E-state index contributed by atoms with van der Waals surface area (Å²) in [5, 5.41) is 0. The molecule has 29 heavy (non-hydrogen) atoms. The Hall–Kier alpha value is -0.870. The molecule has 2 aliphatic heterocycles. The van der Waals surface area contributed by atoms with Crippen LogP contribution in [0.4, 0.5) is 0 Å². The van der Waals surface area contributed by atoms with Crippen LogP contribution in [-0.4, -0.2) is 60.6 Å². The maximum Gasteiger partial charge on any atom is 0.226 e. The van der Waals surface area contributed by atoms with Gasteiger partial charge in [0, 0.05) is 25.6 Å². The summed E-state index contributed by atoms with van der Waals surface area (Å²) >= 11 is 0. The number of allylic oxidation sites excluding steroid dienone is 1. The lowest BCUT2D eigenvalue weighted by Gasteiger charge is -2.38. The molecule has 164 valence electrons. The van der Waals surface area contributed by atoms with Crippen LogP contribution in [-0.2, 0) is 9.53 Å². The molecule has 1 saturated carbocycles. The lowest BCUT2D eigenvalue weighted by atomic mass is 9.71. The average Bonchev–Trinajstić information content (AvgIpc) is 3.34. The minimum Gasteiger partial charge on any atom is -0.372 e. The normalized spacial score (nSPS) is 34.5. The molecule has 4 heteroatoms. The van der Waals surface area contributed by atoms with Crippen molar-refractivity contribution < 1.29 is 9.53 Å². The van der Waals surface area contributed by atoms with Crippen LogP contribution in [0.15, 0.2) is 11.1 Å². The fourth-order valence-electron chi connectivity index (χ4n) is 6.55. The lowest BCUT2D eigenvalue weighted by Crippen LogP contribution is -2.49. The molecule has 2 saturated heterocycles. The van der Waals surface area contributed by atoms with Gasteiger partial charge in [-0.3, -0.25) is 4.79 Å². The molecule has 3 fully saturated rings. The Labute approximate surface area is 178 Å². The van der Waals surface area contributed by atoms with E-state index in [1.165, 1.54) is 58.2 Å². The topological polar surface area (TPSA) is 32.8 Å². The molecule has 0 aromatic carbocycles. The molecule has 0 radical (unpaired) electrons. The summed E-state index contributed by atoms with van der Waals surface area (Å²) < 4.78 is 5.81. The molecular formula is C25H42N2O2. The number of morpholine rings is 1. The van der Waals surface area contributed by atoms with Crippen molar-refractivity contribution in [2.45, 2.75) is 91.8 Å². The number of likely N-dealkylation sites (tertiary alicyclic amines) is 1. The minimum atomic E-state index is 0.168. The third-order valence-electron chi connectivity index (χ3n) is 8.43. The molecule has 1 amide bonds. The molecular weight excluding hydrogens is 360 g/mol. The molecule has 0 aromatic rings. The largest absolute Gasteiger partial charge is 0.372 e. The number of nitrogens with zero attached hydrogens (tertiary/aromatic N) is 2. The standard InChI is InChI=1S/C25H42N2O2/c1-18-7-6-9-24(4,5)21(18)8-12-26-13-10-25(11-14-26)15-22(25)23(28)27-16-19(2)29-20(3)17-27/h19-20,22H,6-17H2,1-5H3/t19-,20+,22?. The van der Waals surface area contributed by atoms with E-state index in [0.717, 1.165) is 19.5 Å². The molecule has 1 spiro atoms. The second kappa shape index (κ2) is 8.00. The van der Waals surface area contributed by atoms with Crippen LogP contribution in [0.3, 0.4) is 0 Å². The van der Waals surface area contributed by atoms with E-state index in [0.29, 0.717) is 16.7 Å². The van der Waals surface area contributed by atoms with Gasteiger partial charge in [-0.15, -0.1) is 0 Å². The van der Waals surface area contributed by atoms with Crippen molar-refractivity contribution in [3.63, 3.8) is 0 Å². The van der Waals surface area contributed by atoms with Crippen molar-refractivity contribution in [3.05, 3.63) is 11.1 Å². The van der Waals surface area contributed by atoms with Crippen molar-refractivity contribution in [2.75, 3.05) is 32.7 Å². The summed E-state index contributed by atoms with van der Waals surface area (Å²) in [6.45, 7) is 16.5. The Bertz CT molecular complexity index is 650. The zero-order chi connectivity index (χ0) is 20.8. The van der Waals surface area contributed by atoms with Crippen molar-refractivity contribution in [1.82, 2.24) is 9.80 Å². The van der Waals surface area contributed by atoms with Crippen LogP contribution in [0.25, 0.3) is 0 Å². The van der Waals surface area contributed by atoms with Crippen molar-refractivity contribution in [2.24, 2.45) is 16.7 Å².